The summed E-state index contributed by atoms with van der Waals surface area (Å²) in [7, 11) is 0. The molecule has 2 aliphatic heterocycles. The average molecular weight is 236 g/mol. The van der Waals surface area contributed by atoms with Crippen LogP contribution in [-0.2, 0) is 17.8 Å². The molecule has 1 fully saturated rings. The molecule has 2 aliphatic rings. The van der Waals surface area contributed by atoms with Gasteiger partial charge in [0, 0.05) is 31.1 Å². The number of aromatic nitrogens is 2. The Morgan fingerprint density at radius 3 is 2.82 bits per heavy atom. The predicted molar refractivity (Wildman–Crippen MR) is 65.7 cm³/mol. The SMILES string of the molecule is CC(C)N1CC(n2nc3c(c2N)CCOC3)C1. The lowest BCUT2D eigenvalue weighted by molar-refractivity contribution is 0.0674. The summed E-state index contributed by atoms with van der Waals surface area (Å²) in [6.45, 7) is 7.95. The Bertz CT molecular complexity index is 420. The highest BCUT2D eigenvalue weighted by Gasteiger charge is 2.33. The van der Waals surface area contributed by atoms with Crippen LogP contribution in [0.15, 0.2) is 0 Å². The average Bonchev–Trinajstić information content (AvgIpc) is 2.55. The van der Waals surface area contributed by atoms with Crippen molar-refractivity contribution >= 4 is 5.82 Å². The molecule has 0 radical (unpaired) electrons. The summed E-state index contributed by atoms with van der Waals surface area (Å²) in [6, 6.07) is 1.06. The smallest absolute Gasteiger partial charge is 0.125 e. The molecule has 0 unspecified atom stereocenters. The first-order valence-electron chi connectivity index (χ1n) is 6.34. The molecule has 0 saturated carbocycles. The van der Waals surface area contributed by atoms with E-state index in [2.05, 4.69) is 23.8 Å². The lowest BCUT2D eigenvalue weighted by Crippen LogP contribution is -2.51. The van der Waals surface area contributed by atoms with Crippen LogP contribution in [0, 0.1) is 0 Å². The third kappa shape index (κ3) is 1.73. The van der Waals surface area contributed by atoms with Gasteiger partial charge in [0.2, 0.25) is 0 Å². The standard InChI is InChI=1S/C12H20N4O/c1-8(2)15-5-9(6-15)16-12(13)10-3-4-17-7-11(10)14-16/h8-9H,3-7,13H2,1-2H3. The van der Waals surface area contributed by atoms with Crippen LogP contribution in [0.4, 0.5) is 5.82 Å². The first kappa shape index (κ1) is 11.0. The Kier molecular flexibility index (Phi) is 2.60. The van der Waals surface area contributed by atoms with Gasteiger partial charge in [0.1, 0.15) is 5.82 Å². The van der Waals surface area contributed by atoms with E-state index in [1.807, 2.05) is 4.68 Å². The number of likely N-dealkylation sites (tertiary alicyclic amines) is 1. The molecule has 0 bridgehead atoms. The van der Waals surface area contributed by atoms with E-state index >= 15 is 0 Å². The first-order chi connectivity index (χ1) is 8.16. The molecule has 94 valence electrons. The lowest BCUT2D eigenvalue weighted by atomic mass is 10.1. The summed E-state index contributed by atoms with van der Waals surface area (Å²) in [5.74, 6) is 0.858. The van der Waals surface area contributed by atoms with Crippen molar-refractivity contribution in [3.8, 4) is 0 Å². The first-order valence-corrected chi connectivity index (χ1v) is 6.34. The number of fused-ring (bicyclic) bond motifs is 1. The molecule has 1 aromatic heterocycles. The highest BCUT2D eigenvalue weighted by atomic mass is 16.5. The van der Waals surface area contributed by atoms with Gasteiger partial charge in [-0.05, 0) is 13.8 Å². The summed E-state index contributed by atoms with van der Waals surface area (Å²) in [6.07, 6.45) is 0.905. The minimum Gasteiger partial charge on any atom is -0.384 e. The second kappa shape index (κ2) is 3.99. The number of nitrogens with zero attached hydrogens (tertiary/aromatic N) is 3. The Morgan fingerprint density at radius 2 is 2.18 bits per heavy atom. The molecule has 0 aromatic carbocycles. The van der Waals surface area contributed by atoms with E-state index in [9.17, 15) is 0 Å². The third-order valence-corrected chi connectivity index (χ3v) is 3.83. The van der Waals surface area contributed by atoms with Crippen molar-refractivity contribution in [1.29, 1.82) is 0 Å². The number of nitrogen functional groups attached to an aromatic ring is 1. The van der Waals surface area contributed by atoms with Gasteiger partial charge in [-0.15, -0.1) is 0 Å². The molecule has 2 N–H and O–H groups in total. The molecule has 0 aliphatic carbocycles. The molecule has 1 aromatic rings. The quantitative estimate of drug-likeness (QED) is 0.825. The molecule has 0 amide bonds. The molecule has 3 heterocycles. The zero-order chi connectivity index (χ0) is 12.0. The normalized spacial score (nSPS) is 21.6. The molecule has 5 nitrogen and oxygen atoms in total. The fourth-order valence-electron chi connectivity index (χ4n) is 2.60. The van der Waals surface area contributed by atoms with E-state index in [4.69, 9.17) is 10.5 Å². The van der Waals surface area contributed by atoms with Gasteiger partial charge in [-0.3, -0.25) is 4.90 Å². The molecular formula is C12H20N4O. The van der Waals surface area contributed by atoms with E-state index in [1.54, 1.807) is 0 Å². The number of rotatable bonds is 2. The number of anilines is 1. The van der Waals surface area contributed by atoms with Gasteiger partial charge >= 0.3 is 0 Å². The number of nitrogens with two attached hydrogens (primary N) is 1. The van der Waals surface area contributed by atoms with Crippen LogP contribution in [0.3, 0.4) is 0 Å². The fourth-order valence-corrected chi connectivity index (χ4v) is 2.60. The van der Waals surface area contributed by atoms with E-state index in [0.29, 0.717) is 18.7 Å². The number of ether oxygens (including phenoxy) is 1. The van der Waals surface area contributed by atoms with Crippen LogP contribution in [0.5, 0.6) is 0 Å². The van der Waals surface area contributed by atoms with Gasteiger partial charge in [0.25, 0.3) is 0 Å². The summed E-state index contributed by atoms with van der Waals surface area (Å²) in [4.78, 5) is 2.43. The van der Waals surface area contributed by atoms with Crippen molar-refractivity contribution in [2.45, 2.75) is 39.0 Å². The monoisotopic (exact) mass is 236 g/mol. The Balaban J connectivity index is 1.79. The summed E-state index contributed by atoms with van der Waals surface area (Å²) < 4.78 is 7.43. The Labute approximate surface area is 102 Å². The van der Waals surface area contributed by atoms with Crippen molar-refractivity contribution in [2.75, 3.05) is 25.4 Å². The van der Waals surface area contributed by atoms with E-state index in [-0.39, 0.29) is 0 Å². The van der Waals surface area contributed by atoms with Crippen molar-refractivity contribution < 1.29 is 4.74 Å². The zero-order valence-electron chi connectivity index (χ0n) is 10.5. The van der Waals surface area contributed by atoms with Crippen LogP contribution in [0.25, 0.3) is 0 Å². The maximum Gasteiger partial charge on any atom is 0.125 e. The van der Waals surface area contributed by atoms with Crippen LogP contribution >= 0.6 is 0 Å². The molecular weight excluding hydrogens is 216 g/mol. The van der Waals surface area contributed by atoms with Crippen LogP contribution < -0.4 is 5.73 Å². The molecule has 0 atom stereocenters. The van der Waals surface area contributed by atoms with Gasteiger partial charge in [0.15, 0.2) is 0 Å². The highest BCUT2D eigenvalue weighted by Crippen LogP contribution is 2.30. The summed E-state index contributed by atoms with van der Waals surface area (Å²) >= 11 is 0. The zero-order valence-corrected chi connectivity index (χ0v) is 10.5. The second-order valence-corrected chi connectivity index (χ2v) is 5.26. The van der Waals surface area contributed by atoms with Gasteiger partial charge < -0.3 is 10.5 Å². The predicted octanol–water partition coefficient (Wildman–Crippen LogP) is 0.803. The number of hydrogen-bond donors (Lipinski definition) is 1. The van der Waals surface area contributed by atoms with Gasteiger partial charge in [-0.25, -0.2) is 4.68 Å². The molecule has 0 spiro atoms. The minimum atomic E-state index is 0.447. The third-order valence-electron chi connectivity index (χ3n) is 3.83. The van der Waals surface area contributed by atoms with Gasteiger partial charge in [-0.1, -0.05) is 0 Å². The van der Waals surface area contributed by atoms with Crippen LogP contribution in [-0.4, -0.2) is 40.4 Å². The Morgan fingerprint density at radius 1 is 1.41 bits per heavy atom. The van der Waals surface area contributed by atoms with Gasteiger partial charge in [0.05, 0.1) is 24.9 Å². The van der Waals surface area contributed by atoms with E-state index < -0.39 is 0 Å². The second-order valence-electron chi connectivity index (χ2n) is 5.26. The van der Waals surface area contributed by atoms with Crippen molar-refractivity contribution in [3.63, 3.8) is 0 Å². The molecule has 3 rings (SSSR count). The largest absolute Gasteiger partial charge is 0.384 e. The van der Waals surface area contributed by atoms with Crippen LogP contribution in [0.2, 0.25) is 0 Å². The van der Waals surface area contributed by atoms with Crippen LogP contribution in [0.1, 0.15) is 31.1 Å². The van der Waals surface area contributed by atoms with Crippen molar-refractivity contribution in [2.24, 2.45) is 0 Å². The molecule has 1 saturated heterocycles. The van der Waals surface area contributed by atoms with E-state index in [1.165, 1.54) is 5.56 Å². The summed E-state index contributed by atoms with van der Waals surface area (Å²) in [5.41, 5.74) is 8.43. The minimum absolute atomic E-state index is 0.447. The highest BCUT2D eigenvalue weighted by molar-refractivity contribution is 5.45. The lowest BCUT2D eigenvalue weighted by Gasteiger charge is -2.42. The number of hydrogen-bond acceptors (Lipinski definition) is 4. The molecule has 17 heavy (non-hydrogen) atoms. The van der Waals surface area contributed by atoms with Gasteiger partial charge in [-0.2, -0.15) is 5.10 Å². The van der Waals surface area contributed by atoms with E-state index in [0.717, 1.165) is 37.6 Å². The molecule has 5 heteroatoms. The topological polar surface area (TPSA) is 56.3 Å². The maximum absolute atomic E-state index is 6.18. The maximum atomic E-state index is 6.18. The Hall–Kier alpha value is -1.07. The van der Waals surface area contributed by atoms with Crippen molar-refractivity contribution in [1.82, 2.24) is 14.7 Å². The fraction of sp³-hybridized carbons (Fsp3) is 0.750. The summed E-state index contributed by atoms with van der Waals surface area (Å²) in [5, 5.41) is 4.61. The van der Waals surface area contributed by atoms with Crippen molar-refractivity contribution in [3.05, 3.63) is 11.3 Å².